The fourth-order valence-corrected chi connectivity index (χ4v) is 3.24. The molecular formula is C22H25FN2O5. The molecule has 0 aromatic heterocycles. The van der Waals surface area contributed by atoms with Crippen LogP contribution in [-0.4, -0.2) is 63.3 Å². The maximum absolute atomic E-state index is 13.1. The highest BCUT2D eigenvalue weighted by atomic mass is 19.1. The second kappa shape index (κ2) is 9.96. The van der Waals surface area contributed by atoms with Crippen LogP contribution in [0.4, 0.5) is 10.1 Å². The summed E-state index contributed by atoms with van der Waals surface area (Å²) in [5, 5.41) is 0. The molecule has 0 bridgehead atoms. The van der Waals surface area contributed by atoms with Crippen LogP contribution in [0.15, 0.2) is 42.5 Å². The van der Waals surface area contributed by atoms with Crippen molar-refractivity contribution in [1.29, 1.82) is 0 Å². The molecule has 8 heteroatoms. The number of amides is 1. The number of anilines is 1. The average molecular weight is 416 g/mol. The summed E-state index contributed by atoms with van der Waals surface area (Å²) >= 11 is 0. The maximum atomic E-state index is 13.1. The molecule has 0 saturated carbocycles. The van der Waals surface area contributed by atoms with E-state index in [4.69, 9.17) is 14.2 Å². The van der Waals surface area contributed by atoms with E-state index in [1.807, 2.05) is 6.92 Å². The van der Waals surface area contributed by atoms with Gasteiger partial charge in [0.1, 0.15) is 5.82 Å². The number of carbonyl (C=O) groups is 2. The summed E-state index contributed by atoms with van der Waals surface area (Å²) < 4.78 is 28.9. The summed E-state index contributed by atoms with van der Waals surface area (Å²) in [6.45, 7) is 4.26. The first kappa shape index (κ1) is 21.4. The highest BCUT2D eigenvalue weighted by molar-refractivity contribution is 5.92. The molecule has 3 rings (SSSR count). The molecule has 1 heterocycles. The van der Waals surface area contributed by atoms with Gasteiger partial charge in [-0.15, -0.1) is 0 Å². The van der Waals surface area contributed by atoms with Crippen molar-refractivity contribution < 1.29 is 28.2 Å². The van der Waals surface area contributed by atoms with Gasteiger partial charge >= 0.3 is 5.97 Å². The van der Waals surface area contributed by atoms with Crippen molar-refractivity contribution in [3.05, 3.63) is 53.8 Å². The Hall–Kier alpha value is -3.29. The molecule has 1 aliphatic heterocycles. The topological polar surface area (TPSA) is 68.3 Å². The lowest BCUT2D eigenvalue weighted by Gasteiger charge is -2.36. The quantitative estimate of drug-likeness (QED) is 0.647. The van der Waals surface area contributed by atoms with Gasteiger partial charge in [0.15, 0.2) is 18.1 Å². The SMILES string of the molecule is CCOc1ccc(C(=O)OCC(=O)N2CCN(c3ccc(F)cc3)CC2)cc1OC. The van der Waals surface area contributed by atoms with E-state index in [-0.39, 0.29) is 23.9 Å². The van der Waals surface area contributed by atoms with E-state index in [0.29, 0.717) is 44.3 Å². The first-order chi connectivity index (χ1) is 14.5. The number of ether oxygens (including phenoxy) is 3. The van der Waals surface area contributed by atoms with Gasteiger partial charge in [0.05, 0.1) is 19.3 Å². The van der Waals surface area contributed by atoms with Crippen LogP contribution < -0.4 is 14.4 Å². The van der Waals surface area contributed by atoms with Gasteiger partial charge in [-0.1, -0.05) is 0 Å². The molecule has 160 valence electrons. The van der Waals surface area contributed by atoms with Crippen LogP contribution in [-0.2, 0) is 9.53 Å². The molecule has 1 fully saturated rings. The van der Waals surface area contributed by atoms with Crippen LogP contribution in [0.3, 0.4) is 0 Å². The van der Waals surface area contributed by atoms with Crippen molar-refractivity contribution in [2.24, 2.45) is 0 Å². The number of hydrogen-bond acceptors (Lipinski definition) is 6. The Balaban J connectivity index is 1.50. The van der Waals surface area contributed by atoms with Crippen molar-refractivity contribution in [3.63, 3.8) is 0 Å². The van der Waals surface area contributed by atoms with E-state index >= 15 is 0 Å². The Morgan fingerprint density at radius 2 is 1.70 bits per heavy atom. The number of carbonyl (C=O) groups excluding carboxylic acids is 2. The number of rotatable bonds is 7. The van der Waals surface area contributed by atoms with Crippen molar-refractivity contribution in [2.75, 3.05) is 51.4 Å². The third-order valence-electron chi connectivity index (χ3n) is 4.85. The van der Waals surface area contributed by atoms with Crippen molar-refractivity contribution in [2.45, 2.75) is 6.92 Å². The number of methoxy groups -OCH3 is 1. The Bertz CT molecular complexity index is 880. The molecule has 1 saturated heterocycles. The van der Waals surface area contributed by atoms with E-state index in [1.165, 1.54) is 25.3 Å². The van der Waals surface area contributed by atoms with E-state index in [0.717, 1.165) is 5.69 Å². The standard InChI is InChI=1S/C22H25FN2O5/c1-3-29-19-9-4-16(14-20(19)28-2)22(27)30-15-21(26)25-12-10-24(11-13-25)18-7-5-17(23)6-8-18/h4-9,14H,3,10-13,15H2,1-2H3. The monoisotopic (exact) mass is 416 g/mol. The molecule has 0 spiro atoms. The zero-order valence-electron chi connectivity index (χ0n) is 17.1. The predicted octanol–water partition coefficient (Wildman–Crippen LogP) is 2.74. The third kappa shape index (κ3) is 5.20. The minimum Gasteiger partial charge on any atom is -0.493 e. The second-order valence-electron chi connectivity index (χ2n) is 6.72. The lowest BCUT2D eigenvalue weighted by molar-refractivity contribution is -0.134. The van der Waals surface area contributed by atoms with Crippen LogP contribution in [0.1, 0.15) is 17.3 Å². The van der Waals surface area contributed by atoms with Gasteiger partial charge < -0.3 is 24.0 Å². The largest absolute Gasteiger partial charge is 0.493 e. The average Bonchev–Trinajstić information content (AvgIpc) is 2.78. The molecule has 0 N–H and O–H groups in total. The Morgan fingerprint density at radius 3 is 2.33 bits per heavy atom. The van der Waals surface area contributed by atoms with Crippen LogP contribution in [0, 0.1) is 5.82 Å². The molecule has 1 aliphatic rings. The number of piperazine rings is 1. The van der Waals surface area contributed by atoms with Crippen LogP contribution in [0.25, 0.3) is 0 Å². The maximum Gasteiger partial charge on any atom is 0.338 e. The van der Waals surface area contributed by atoms with Gasteiger partial charge in [0, 0.05) is 31.9 Å². The molecule has 2 aromatic rings. The van der Waals surface area contributed by atoms with Crippen LogP contribution in [0.2, 0.25) is 0 Å². The summed E-state index contributed by atoms with van der Waals surface area (Å²) in [5.41, 5.74) is 1.20. The summed E-state index contributed by atoms with van der Waals surface area (Å²) in [5.74, 6) is -0.171. The lowest BCUT2D eigenvalue weighted by Crippen LogP contribution is -2.49. The smallest absolute Gasteiger partial charge is 0.338 e. The summed E-state index contributed by atoms with van der Waals surface area (Å²) in [7, 11) is 1.49. The second-order valence-corrected chi connectivity index (χ2v) is 6.72. The fraction of sp³-hybridized carbons (Fsp3) is 0.364. The van der Waals surface area contributed by atoms with E-state index in [1.54, 1.807) is 29.2 Å². The minimum absolute atomic E-state index is 0.250. The molecular weight excluding hydrogens is 391 g/mol. The highest BCUT2D eigenvalue weighted by Gasteiger charge is 2.23. The zero-order valence-corrected chi connectivity index (χ0v) is 17.1. The normalized spacial score (nSPS) is 13.7. The number of benzene rings is 2. The zero-order chi connectivity index (χ0) is 21.5. The first-order valence-corrected chi connectivity index (χ1v) is 9.78. The summed E-state index contributed by atoms with van der Waals surface area (Å²) in [4.78, 5) is 28.5. The van der Waals surface area contributed by atoms with Crippen molar-refractivity contribution in [3.8, 4) is 11.5 Å². The van der Waals surface area contributed by atoms with Crippen molar-refractivity contribution in [1.82, 2.24) is 4.90 Å². The van der Waals surface area contributed by atoms with Gasteiger partial charge in [0.2, 0.25) is 0 Å². The van der Waals surface area contributed by atoms with Crippen molar-refractivity contribution >= 4 is 17.6 Å². The number of nitrogens with zero attached hydrogens (tertiary/aromatic N) is 2. The Kier molecular flexibility index (Phi) is 7.11. The van der Waals surface area contributed by atoms with Crippen LogP contribution >= 0.6 is 0 Å². The molecule has 2 aromatic carbocycles. The van der Waals surface area contributed by atoms with E-state index in [9.17, 15) is 14.0 Å². The van der Waals surface area contributed by atoms with Gasteiger partial charge in [-0.25, -0.2) is 9.18 Å². The Morgan fingerprint density at radius 1 is 1.00 bits per heavy atom. The Labute approximate surface area is 174 Å². The van der Waals surface area contributed by atoms with Crippen LogP contribution in [0.5, 0.6) is 11.5 Å². The lowest BCUT2D eigenvalue weighted by atomic mass is 10.2. The van der Waals surface area contributed by atoms with Gasteiger partial charge in [-0.3, -0.25) is 4.79 Å². The highest BCUT2D eigenvalue weighted by Crippen LogP contribution is 2.28. The molecule has 0 radical (unpaired) electrons. The van der Waals surface area contributed by atoms with E-state index < -0.39 is 5.97 Å². The molecule has 0 aliphatic carbocycles. The van der Waals surface area contributed by atoms with E-state index in [2.05, 4.69) is 4.90 Å². The van der Waals surface area contributed by atoms with Gasteiger partial charge in [-0.05, 0) is 49.4 Å². The summed E-state index contributed by atoms with van der Waals surface area (Å²) in [6, 6.07) is 11.0. The minimum atomic E-state index is -0.602. The molecule has 0 atom stereocenters. The molecule has 30 heavy (non-hydrogen) atoms. The molecule has 7 nitrogen and oxygen atoms in total. The van der Waals surface area contributed by atoms with Gasteiger partial charge in [0.25, 0.3) is 5.91 Å². The number of halogens is 1. The van der Waals surface area contributed by atoms with Gasteiger partial charge in [-0.2, -0.15) is 0 Å². The predicted molar refractivity (Wildman–Crippen MR) is 110 cm³/mol. The third-order valence-corrected chi connectivity index (χ3v) is 4.85. The number of esters is 1. The molecule has 0 unspecified atom stereocenters. The first-order valence-electron chi connectivity index (χ1n) is 9.78. The summed E-state index contributed by atoms with van der Waals surface area (Å²) in [6.07, 6.45) is 0. The molecule has 1 amide bonds. The number of hydrogen-bond donors (Lipinski definition) is 0. The fourth-order valence-electron chi connectivity index (χ4n) is 3.24.